The van der Waals surface area contributed by atoms with E-state index in [4.69, 9.17) is 16.2 Å². The molecular weight excluding hydrogens is 482 g/mol. The van der Waals surface area contributed by atoms with Crippen LogP contribution in [0.2, 0.25) is 0 Å². The van der Waals surface area contributed by atoms with E-state index in [-0.39, 0.29) is 34.7 Å². The Balaban J connectivity index is 0.00000186. The third-order valence-corrected chi connectivity index (χ3v) is 5.84. The van der Waals surface area contributed by atoms with Gasteiger partial charge in [-0.05, 0) is 30.3 Å². The van der Waals surface area contributed by atoms with Crippen LogP contribution in [0.5, 0.6) is 0 Å². The Hall–Kier alpha value is -4.28. The molecule has 0 unspecified atom stereocenters. The van der Waals surface area contributed by atoms with Crippen molar-refractivity contribution in [2.24, 2.45) is 11.7 Å². The van der Waals surface area contributed by atoms with E-state index in [0.29, 0.717) is 30.9 Å². The molecule has 196 valence electrons. The second-order valence-electron chi connectivity index (χ2n) is 8.27. The number of rotatable bonds is 5. The number of benzene rings is 1. The van der Waals surface area contributed by atoms with Crippen molar-refractivity contribution in [1.29, 1.82) is 0 Å². The standard InChI is InChI=1S/C24H24F2N6O3.C2H6/c1-13-12-32(10-8-20(13)35-24(28)34)19-7-9-29-11-18(19)31-23(33)22-16(27)5-6-17(30-22)21-14(25)3-2-4-15(21)26;1-2/h2-7,9,11,13,20H,8,10,12,27H2,1H3,(H2,28,34)(H,31,33);1-2H3/t13-,20+;/m0./s1. The van der Waals surface area contributed by atoms with Crippen LogP contribution in [0.15, 0.2) is 48.8 Å². The summed E-state index contributed by atoms with van der Waals surface area (Å²) >= 11 is 0. The number of primary amides is 1. The Morgan fingerprint density at radius 3 is 2.49 bits per heavy atom. The zero-order chi connectivity index (χ0) is 27.1. The van der Waals surface area contributed by atoms with Gasteiger partial charge < -0.3 is 26.4 Å². The molecule has 0 bridgehead atoms. The number of pyridine rings is 2. The van der Waals surface area contributed by atoms with Gasteiger partial charge >= 0.3 is 6.09 Å². The number of nitrogens with one attached hydrogen (secondary N) is 1. The lowest BCUT2D eigenvalue weighted by atomic mass is 9.96. The van der Waals surface area contributed by atoms with Crippen LogP contribution in [-0.2, 0) is 4.74 Å². The summed E-state index contributed by atoms with van der Waals surface area (Å²) in [5.41, 5.74) is 11.7. The van der Waals surface area contributed by atoms with Crippen LogP contribution in [0.1, 0.15) is 37.7 Å². The maximum atomic E-state index is 14.2. The summed E-state index contributed by atoms with van der Waals surface area (Å²) in [5.74, 6) is -2.27. The average Bonchev–Trinajstić information content (AvgIpc) is 2.87. The van der Waals surface area contributed by atoms with Gasteiger partial charge in [0.25, 0.3) is 5.91 Å². The first kappa shape index (κ1) is 27.3. The van der Waals surface area contributed by atoms with E-state index in [1.807, 2.05) is 25.7 Å². The topological polar surface area (TPSA) is 136 Å². The summed E-state index contributed by atoms with van der Waals surface area (Å²) in [5, 5.41) is 2.75. The molecule has 3 heterocycles. The van der Waals surface area contributed by atoms with E-state index >= 15 is 0 Å². The molecule has 1 aliphatic heterocycles. The first-order valence-corrected chi connectivity index (χ1v) is 11.9. The van der Waals surface area contributed by atoms with Crippen molar-refractivity contribution in [3.8, 4) is 11.3 Å². The molecule has 1 saturated heterocycles. The monoisotopic (exact) mass is 512 g/mol. The van der Waals surface area contributed by atoms with E-state index in [1.165, 1.54) is 24.4 Å². The van der Waals surface area contributed by atoms with Crippen molar-refractivity contribution in [1.82, 2.24) is 9.97 Å². The molecule has 0 saturated carbocycles. The summed E-state index contributed by atoms with van der Waals surface area (Å²) in [4.78, 5) is 34.5. The minimum absolute atomic E-state index is 0.00220. The zero-order valence-electron chi connectivity index (χ0n) is 20.9. The molecule has 0 spiro atoms. The smallest absolute Gasteiger partial charge is 0.404 e. The molecule has 1 fully saturated rings. The molecule has 37 heavy (non-hydrogen) atoms. The van der Waals surface area contributed by atoms with Gasteiger partial charge in [0.05, 0.1) is 34.5 Å². The van der Waals surface area contributed by atoms with Crippen molar-refractivity contribution in [3.05, 3.63) is 66.1 Å². The van der Waals surface area contributed by atoms with Gasteiger partial charge in [-0.25, -0.2) is 18.6 Å². The quantitative estimate of drug-likeness (QED) is 0.455. The molecule has 2 atom stereocenters. The number of anilines is 3. The summed E-state index contributed by atoms with van der Waals surface area (Å²) in [7, 11) is 0. The summed E-state index contributed by atoms with van der Waals surface area (Å²) < 4.78 is 33.7. The number of carbonyl (C=O) groups is 2. The van der Waals surface area contributed by atoms with Crippen LogP contribution in [-0.4, -0.2) is 41.2 Å². The molecule has 11 heteroatoms. The Bertz CT molecular complexity index is 1250. The third kappa shape index (κ3) is 6.29. The van der Waals surface area contributed by atoms with Crippen LogP contribution < -0.4 is 21.7 Å². The number of hydrogen-bond acceptors (Lipinski definition) is 7. The Labute approximate surface area is 213 Å². The predicted octanol–water partition coefficient (Wildman–Crippen LogP) is 4.59. The molecular formula is C26H30F2N6O3. The SMILES string of the molecule is CC.C[C@H]1CN(c2ccncc2NC(=O)c2nc(-c3c(F)cccc3F)ccc2N)CC[C@H]1OC(N)=O. The molecule has 0 radical (unpaired) electrons. The Morgan fingerprint density at radius 2 is 1.84 bits per heavy atom. The van der Waals surface area contributed by atoms with Crippen molar-refractivity contribution in [2.75, 3.05) is 29.0 Å². The van der Waals surface area contributed by atoms with E-state index in [1.54, 1.807) is 12.3 Å². The summed E-state index contributed by atoms with van der Waals surface area (Å²) in [6, 6.07) is 7.93. The molecule has 3 aromatic rings. The third-order valence-electron chi connectivity index (χ3n) is 5.84. The van der Waals surface area contributed by atoms with E-state index < -0.39 is 23.6 Å². The maximum absolute atomic E-state index is 14.2. The van der Waals surface area contributed by atoms with Gasteiger partial charge in [-0.2, -0.15) is 0 Å². The number of halogens is 2. The van der Waals surface area contributed by atoms with Crippen LogP contribution in [0, 0.1) is 17.6 Å². The van der Waals surface area contributed by atoms with Crippen LogP contribution in [0.3, 0.4) is 0 Å². The molecule has 4 rings (SSSR count). The summed E-state index contributed by atoms with van der Waals surface area (Å²) in [6.45, 7) is 7.04. The Kier molecular flexibility index (Phi) is 8.94. The highest BCUT2D eigenvalue weighted by Crippen LogP contribution is 2.31. The van der Waals surface area contributed by atoms with Gasteiger partial charge in [-0.3, -0.25) is 9.78 Å². The number of aromatic nitrogens is 2. The van der Waals surface area contributed by atoms with Gasteiger partial charge in [-0.15, -0.1) is 0 Å². The first-order chi connectivity index (χ1) is 17.7. The first-order valence-electron chi connectivity index (χ1n) is 11.9. The Morgan fingerprint density at radius 1 is 1.14 bits per heavy atom. The second kappa shape index (κ2) is 12.1. The van der Waals surface area contributed by atoms with Crippen LogP contribution in [0.4, 0.5) is 30.6 Å². The lowest BCUT2D eigenvalue weighted by Gasteiger charge is -2.38. The lowest BCUT2D eigenvalue weighted by Crippen LogP contribution is -2.44. The molecule has 5 N–H and O–H groups in total. The number of nitrogens with zero attached hydrogens (tertiary/aromatic N) is 3. The zero-order valence-corrected chi connectivity index (χ0v) is 20.9. The normalized spacial score (nSPS) is 16.8. The largest absolute Gasteiger partial charge is 0.446 e. The molecule has 1 aromatic carbocycles. The molecule has 1 aliphatic rings. The van der Waals surface area contributed by atoms with E-state index in [9.17, 15) is 18.4 Å². The van der Waals surface area contributed by atoms with E-state index in [2.05, 4.69) is 15.3 Å². The average molecular weight is 513 g/mol. The molecule has 2 aromatic heterocycles. The van der Waals surface area contributed by atoms with Crippen molar-refractivity contribution >= 4 is 29.1 Å². The number of amides is 2. The van der Waals surface area contributed by atoms with Gasteiger partial charge in [0.15, 0.2) is 5.69 Å². The highest BCUT2D eigenvalue weighted by atomic mass is 19.1. The second-order valence-corrected chi connectivity index (χ2v) is 8.27. The maximum Gasteiger partial charge on any atom is 0.404 e. The number of hydrogen-bond donors (Lipinski definition) is 3. The number of nitrogens with two attached hydrogens (primary N) is 2. The van der Waals surface area contributed by atoms with Crippen molar-refractivity contribution < 1.29 is 23.1 Å². The number of piperidine rings is 1. The molecule has 0 aliphatic carbocycles. The van der Waals surface area contributed by atoms with Crippen molar-refractivity contribution in [3.63, 3.8) is 0 Å². The number of ether oxygens (including phenoxy) is 1. The highest BCUT2D eigenvalue weighted by molar-refractivity contribution is 6.08. The minimum atomic E-state index is -0.810. The lowest BCUT2D eigenvalue weighted by molar-refractivity contribution is 0.0614. The molecule has 9 nitrogen and oxygen atoms in total. The van der Waals surface area contributed by atoms with Gasteiger partial charge in [0.1, 0.15) is 17.7 Å². The van der Waals surface area contributed by atoms with Crippen LogP contribution in [0.25, 0.3) is 11.3 Å². The fourth-order valence-electron chi connectivity index (χ4n) is 4.14. The van der Waals surface area contributed by atoms with Gasteiger partial charge in [0.2, 0.25) is 0 Å². The fraction of sp³-hybridized carbons (Fsp3) is 0.308. The van der Waals surface area contributed by atoms with E-state index in [0.717, 1.165) is 12.1 Å². The minimum Gasteiger partial charge on any atom is -0.446 e. The number of nitrogen functional groups attached to an aromatic ring is 1. The fourth-order valence-corrected chi connectivity index (χ4v) is 4.14. The predicted molar refractivity (Wildman–Crippen MR) is 138 cm³/mol. The van der Waals surface area contributed by atoms with Gasteiger partial charge in [0, 0.05) is 31.6 Å². The van der Waals surface area contributed by atoms with Gasteiger partial charge in [-0.1, -0.05) is 26.8 Å². The van der Waals surface area contributed by atoms with Crippen LogP contribution >= 0.6 is 0 Å². The van der Waals surface area contributed by atoms with Crippen molar-refractivity contribution in [2.45, 2.75) is 33.3 Å². The summed E-state index contributed by atoms with van der Waals surface area (Å²) in [6.07, 6.45) is 2.53. The highest BCUT2D eigenvalue weighted by Gasteiger charge is 2.30. The number of carbonyl (C=O) groups excluding carboxylic acids is 2. The molecule has 2 amide bonds.